The maximum atomic E-state index is 13.5. The number of carboxylic acids is 1. The average molecular weight is 528 g/mol. The van der Waals surface area contributed by atoms with E-state index in [9.17, 15) is 33.6 Å². The number of benzene rings is 3. The number of nitrogens with zero attached hydrogens (tertiary/aromatic N) is 3. The van der Waals surface area contributed by atoms with E-state index in [0.717, 1.165) is 16.8 Å². The van der Waals surface area contributed by atoms with E-state index in [4.69, 9.17) is 16.0 Å². The molecule has 0 fully saturated rings. The lowest BCUT2D eigenvalue weighted by molar-refractivity contribution is -0.384. The number of nitro groups is 1. The van der Waals surface area contributed by atoms with E-state index in [2.05, 4.69) is 9.84 Å². The maximum Gasteiger partial charge on any atom is 0.387 e. The van der Waals surface area contributed by atoms with Crippen LogP contribution in [0.25, 0.3) is 38.9 Å². The van der Waals surface area contributed by atoms with Crippen LogP contribution in [0.5, 0.6) is 5.75 Å². The second-order valence-corrected chi connectivity index (χ2v) is 8.09. The SMILES string of the molecule is O=C(O)c1ccc(OC(F)F)c2oc3c(=O)n(-c4ccc(Cl)cc4)nc(-c4ccc([N+](=O)[O-])cc4)c3c12. The van der Waals surface area contributed by atoms with Gasteiger partial charge < -0.3 is 14.3 Å². The lowest BCUT2D eigenvalue weighted by atomic mass is 10.0. The van der Waals surface area contributed by atoms with Crippen molar-refractivity contribution in [2.75, 3.05) is 0 Å². The van der Waals surface area contributed by atoms with Gasteiger partial charge in [0.15, 0.2) is 11.3 Å². The number of non-ortho nitro benzene ring substituents is 1. The van der Waals surface area contributed by atoms with Gasteiger partial charge in [0.05, 0.1) is 21.6 Å². The topological polar surface area (TPSA) is 138 Å². The highest BCUT2D eigenvalue weighted by Crippen LogP contribution is 2.40. The molecule has 2 heterocycles. The number of hydrogen-bond acceptors (Lipinski definition) is 7. The van der Waals surface area contributed by atoms with Crippen LogP contribution in [0.1, 0.15) is 10.4 Å². The van der Waals surface area contributed by atoms with Crippen molar-refractivity contribution in [3.63, 3.8) is 0 Å². The van der Waals surface area contributed by atoms with Crippen molar-refractivity contribution in [3.8, 4) is 22.7 Å². The quantitative estimate of drug-likeness (QED) is 0.220. The zero-order valence-electron chi connectivity index (χ0n) is 18.2. The number of hydrogen-bond donors (Lipinski definition) is 1. The fraction of sp³-hybridized carbons (Fsp3) is 0.0417. The first kappa shape index (κ1) is 23.9. The van der Waals surface area contributed by atoms with Crippen molar-refractivity contribution in [1.29, 1.82) is 0 Å². The third kappa shape index (κ3) is 4.12. The molecule has 0 aliphatic carbocycles. The third-order valence-electron chi connectivity index (χ3n) is 5.50. The molecule has 37 heavy (non-hydrogen) atoms. The molecule has 0 atom stereocenters. The molecule has 0 radical (unpaired) electrons. The van der Waals surface area contributed by atoms with Crippen LogP contribution in [-0.4, -0.2) is 32.4 Å². The molecular weight excluding hydrogens is 516 g/mol. The van der Waals surface area contributed by atoms with Gasteiger partial charge in [0, 0.05) is 28.1 Å². The van der Waals surface area contributed by atoms with Gasteiger partial charge >= 0.3 is 18.1 Å². The predicted molar refractivity (Wildman–Crippen MR) is 128 cm³/mol. The minimum Gasteiger partial charge on any atom is -0.478 e. The third-order valence-corrected chi connectivity index (χ3v) is 5.75. The molecule has 0 unspecified atom stereocenters. The van der Waals surface area contributed by atoms with Gasteiger partial charge in [-0.1, -0.05) is 11.6 Å². The molecule has 186 valence electrons. The van der Waals surface area contributed by atoms with Crippen LogP contribution in [0, 0.1) is 10.1 Å². The number of aromatic carboxylic acids is 1. The van der Waals surface area contributed by atoms with Gasteiger partial charge in [0.2, 0.25) is 5.58 Å². The van der Waals surface area contributed by atoms with Crippen LogP contribution >= 0.6 is 11.6 Å². The summed E-state index contributed by atoms with van der Waals surface area (Å²) in [5.74, 6) is -1.91. The largest absolute Gasteiger partial charge is 0.478 e. The number of carboxylic acid groups (broad SMARTS) is 1. The summed E-state index contributed by atoms with van der Waals surface area (Å²) in [6.45, 7) is -3.26. The molecule has 1 N–H and O–H groups in total. The number of furan rings is 1. The molecule has 0 aliphatic rings. The smallest absolute Gasteiger partial charge is 0.387 e. The molecule has 0 bridgehead atoms. The summed E-state index contributed by atoms with van der Waals surface area (Å²) in [5, 5.41) is 25.4. The fourth-order valence-electron chi connectivity index (χ4n) is 3.92. The highest BCUT2D eigenvalue weighted by Gasteiger charge is 2.27. The zero-order valence-corrected chi connectivity index (χ0v) is 19.0. The molecule has 10 nitrogen and oxygen atoms in total. The molecule has 5 aromatic rings. The van der Waals surface area contributed by atoms with Crippen molar-refractivity contribution in [2.45, 2.75) is 6.61 Å². The molecule has 0 saturated heterocycles. The van der Waals surface area contributed by atoms with Crippen LogP contribution in [0.2, 0.25) is 5.02 Å². The van der Waals surface area contributed by atoms with Crippen LogP contribution in [0.4, 0.5) is 14.5 Å². The minimum absolute atomic E-state index is 0.00916. The molecule has 3 aromatic carbocycles. The number of alkyl halides is 2. The monoisotopic (exact) mass is 527 g/mol. The Kier molecular flexibility index (Phi) is 5.80. The Labute approximate surface area is 209 Å². The molecule has 5 rings (SSSR count). The molecule has 13 heteroatoms. The van der Waals surface area contributed by atoms with Gasteiger partial charge in [-0.3, -0.25) is 14.9 Å². The van der Waals surface area contributed by atoms with Gasteiger partial charge in [-0.2, -0.15) is 18.6 Å². The number of fused-ring (bicyclic) bond motifs is 3. The van der Waals surface area contributed by atoms with Crippen molar-refractivity contribution >= 4 is 45.2 Å². The summed E-state index contributed by atoms with van der Waals surface area (Å²) in [4.78, 5) is 36.0. The van der Waals surface area contributed by atoms with Crippen molar-refractivity contribution in [2.24, 2.45) is 0 Å². The molecule has 2 aromatic heterocycles. The van der Waals surface area contributed by atoms with E-state index in [1.54, 1.807) is 0 Å². The Morgan fingerprint density at radius 1 is 1.05 bits per heavy atom. The Hall–Kier alpha value is -4.84. The second kappa shape index (κ2) is 8.99. The molecule has 0 saturated carbocycles. The summed E-state index contributed by atoms with van der Waals surface area (Å²) in [7, 11) is 0. The number of carbonyl (C=O) groups is 1. The van der Waals surface area contributed by atoms with Crippen molar-refractivity contribution < 1.29 is 32.8 Å². The van der Waals surface area contributed by atoms with Crippen LogP contribution < -0.4 is 10.3 Å². The highest BCUT2D eigenvalue weighted by molar-refractivity contribution is 6.30. The highest BCUT2D eigenvalue weighted by atomic mass is 35.5. The Morgan fingerprint density at radius 3 is 2.32 bits per heavy atom. The number of halogens is 3. The molecular formula is C24H12ClF2N3O7. The Balaban J connectivity index is 1.95. The Morgan fingerprint density at radius 2 is 1.73 bits per heavy atom. The number of rotatable bonds is 6. The summed E-state index contributed by atoms with van der Waals surface area (Å²) in [5.41, 5.74) is -1.65. The number of aromatic nitrogens is 2. The second-order valence-electron chi connectivity index (χ2n) is 7.65. The minimum atomic E-state index is -3.26. The summed E-state index contributed by atoms with van der Waals surface area (Å²) < 4.78 is 37.3. The summed E-state index contributed by atoms with van der Waals surface area (Å²) in [6.07, 6.45) is 0. The van der Waals surface area contributed by atoms with Gasteiger partial charge in [-0.15, -0.1) is 0 Å². The predicted octanol–water partition coefficient (Wildman–Crippen LogP) is 5.66. The van der Waals surface area contributed by atoms with E-state index < -0.39 is 34.4 Å². The number of ether oxygens (including phenoxy) is 1. The van der Waals surface area contributed by atoms with E-state index in [1.807, 2.05) is 0 Å². The molecule has 0 amide bonds. The summed E-state index contributed by atoms with van der Waals surface area (Å²) >= 11 is 5.95. The van der Waals surface area contributed by atoms with E-state index in [0.29, 0.717) is 5.02 Å². The summed E-state index contributed by atoms with van der Waals surface area (Å²) in [6, 6.07) is 13.2. The van der Waals surface area contributed by atoms with Gasteiger partial charge in [-0.05, 0) is 48.5 Å². The molecule has 0 aliphatic heterocycles. The van der Waals surface area contributed by atoms with Crippen molar-refractivity contribution in [3.05, 3.63) is 91.7 Å². The van der Waals surface area contributed by atoms with Crippen LogP contribution in [0.15, 0.2) is 69.9 Å². The zero-order chi connectivity index (χ0) is 26.4. The van der Waals surface area contributed by atoms with Crippen molar-refractivity contribution in [1.82, 2.24) is 9.78 Å². The van der Waals surface area contributed by atoms with Gasteiger partial charge in [0.1, 0.15) is 5.69 Å². The van der Waals surface area contributed by atoms with E-state index in [1.165, 1.54) is 48.5 Å². The van der Waals surface area contributed by atoms with Gasteiger partial charge in [0.25, 0.3) is 5.69 Å². The molecule has 0 spiro atoms. The van der Waals surface area contributed by atoms with Crippen LogP contribution in [0.3, 0.4) is 0 Å². The van der Waals surface area contributed by atoms with E-state index >= 15 is 0 Å². The number of nitro benzene ring substituents is 1. The standard InChI is InChI=1S/C24H12ClF2N3O7/c25-12-3-7-13(8-4-12)29-22(31)21-18(19(28-29)11-1-5-14(6-2-11)30(34)35)17-15(23(32)33)9-10-16(20(17)37-21)36-24(26)27/h1-10,24H,(H,32,33). The van der Waals surface area contributed by atoms with E-state index in [-0.39, 0.29) is 44.6 Å². The lowest BCUT2D eigenvalue weighted by Gasteiger charge is -2.10. The van der Waals surface area contributed by atoms with Gasteiger partial charge in [-0.25, -0.2) is 4.79 Å². The first-order valence-electron chi connectivity index (χ1n) is 10.4. The maximum absolute atomic E-state index is 13.5. The Bertz CT molecular complexity index is 1760. The normalized spacial score (nSPS) is 11.4. The average Bonchev–Trinajstić information content (AvgIpc) is 3.27. The fourth-order valence-corrected chi connectivity index (χ4v) is 4.04. The first-order chi connectivity index (χ1) is 17.7. The first-order valence-corrected chi connectivity index (χ1v) is 10.7. The lowest BCUT2D eigenvalue weighted by Crippen LogP contribution is -2.21. The van der Waals surface area contributed by atoms with Crippen LogP contribution in [-0.2, 0) is 0 Å².